The van der Waals surface area contributed by atoms with Crippen LogP contribution in [0.2, 0.25) is 5.02 Å². The molecule has 2 fully saturated rings. The van der Waals surface area contributed by atoms with Crippen molar-refractivity contribution in [3.8, 4) is 0 Å². The van der Waals surface area contributed by atoms with Crippen molar-refractivity contribution in [2.24, 2.45) is 0 Å². The predicted molar refractivity (Wildman–Crippen MR) is 118 cm³/mol. The Hall–Kier alpha value is -1.67. The van der Waals surface area contributed by atoms with Gasteiger partial charge in [-0.2, -0.15) is 0 Å². The molecule has 5 nitrogen and oxygen atoms in total. The van der Waals surface area contributed by atoms with Crippen LogP contribution in [0.4, 0.5) is 10.1 Å². The molecule has 1 saturated carbocycles. The number of hydrogen-bond acceptors (Lipinski definition) is 4. The third-order valence-electron chi connectivity index (χ3n) is 6.13. The van der Waals surface area contributed by atoms with Crippen molar-refractivity contribution >= 4 is 27.3 Å². The smallest absolute Gasteiger partial charge is 0.240 e. The van der Waals surface area contributed by atoms with Gasteiger partial charge in [0, 0.05) is 49.0 Å². The molecule has 0 amide bonds. The first kappa shape index (κ1) is 21.6. The molecule has 2 aromatic carbocycles. The fraction of sp³-hybridized carbons (Fsp3) is 0.455. The van der Waals surface area contributed by atoms with Crippen LogP contribution in [0, 0.1) is 5.82 Å². The monoisotopic (exact) mass is 451 g/mol. The summed E-state index contributed by atoms with van der Waals surface area (Å²) >= 11 is 5.90. The fourth-order valence-electron chi connectivity index (χ4n) is 4.53. The maximum atomic E-state index is 13.2. The summed E-state index contributed by atoms with van der Waals surface area (Å²) in [5.41, 5.74) is 1.03. The summed E-state index contributed by atoms with van der Waals surface area (Å²) in [6.45, 7) is 3.42. The molecule has 4 rings (SSSR count). The lowest BCUT2D eigenvalue weighted by Crippen LogP contribution is -2.58. The van der Waals surface area contributed by atoms with Gasteiger partial charge < -0.3 is 4.90 Å². The van der Waals surface area contributed by atoms with E-state index in [9.17, 15) is 12.8 Å². The lowest BCUT2D eigenvalue weighted by atomic mass is 9.89. The van der Waals surface area contributed by atoms with E-state index in [4.69, 9.17) is 11.6 Å². The number of nitrogens with one attached hydrogen (secondary N) is 1. The highest BCUT2D eigenvalue weighted by Gasteiger charge is 2.34. The maximum Gasteiger partial charge on any atom is 0.240 e. The van der Waals surface area contributed by atoms with Crippen molar-refractivity contribution in [1.82, 2.24) is 9.62 Å². The summed E-state index contributed by atoms with van der Waals surface area (Å²) in [6.07, 6.45) is 3.97. The van der Waals surface area contributed by atoms with Gasteiger partial charge in [0.2, 0.25) is 10.0 Å². The van der Waals surface area contributed by atoms with Crippen LogP contribution in [0.25, 0.3) is 0 Å². The van der Waals surface area contributed by atoms with E-state index in [-0.39, 0.29) is 22.8 Å². The molecule has 2 aliphatic rings. The molecule has 0 bridgehead atoms. The zero-order valence-electron chi connectivity index (χ0n) is 16.8. The molecule has 0 spiro atoms. The van der Waals surface area contributed by atoms with E-state index >= 15 is 0 Å². The number of nitrogens with zero attached hydrogens (tertiary/aromatic N) is 2. The molecule has 0 radical (unpaired) electrons. The maximum absolute atomic E-state index is 13.2. The molecule has 162 valence electrons. The Labute approximate surface area is 182 Å². The fourth-order valence-corrected chi connectivity index (χ4v) is 5.96. The van der Waals surface area contributed by atoms with Crippen LogP contribution >= 0.6 is 11.6 Å². The summed E-state index contributed by atoms with van der Waals surface area (Å²) in [7, 11) is -3.59. The highest BCUT2D eigenvalue weighted by Crippen LogP contribution is 2.27. The van der Waals surface area contributed by atoms with Crippen LogP contribution in [0.3, 0.4) is 0 Å². The van der Waals surface area contributed by atoms with Gasteiger partial charge >= 0.3 is 0 Å². The minimum Gasteiger partial charge on any atom is -0.369 e. The lowest BCUT2D eigenvalue weighted by Gasteiger charge is -2.44. The summed E-state index contributed by atoms with van der Waals surface area (Å²) < 4.78 is 41.9. The van der Waals surface area contributed by atoms with Gasteiger partial charge in [-0.05, 0) is 61.4 Å². The second-order valence-corrected chi connectivity index (χ2v) is 10.2. The molecule has 1 aliphatic heterocycles. The van der Waals surface area contributed by atoms with Gasteiger partial charge in [0.15, 0.2) is 0 Å². The first-order chi connectivity index (χ1) is 14.4. The molecule has 1 aliphatic carbocycles. The Morgan fingerprint density at radius 1 is 0.900 bits per heavy atom. The van der Waals surface area contributed by atoms with Crippen molar-refractivity contribution < 1.29 is 12.8 Å². The third-order valence-corrected chi connectivity index (χ3v) is 7.89. The van der Waals surface area contributed by atoms with Crippen LogP contribution < -0.4 is 9.62 Å². The normalized spacial score (nSPS) is 23.5. The Morgan fingerprint density at radius 2 is 1.53 bits per heavy atom. The van der Waals surface area contributed by atoms with E-state index in [1.807, 2.05) is 12.1 Å². The quantitative estimate of drug-likeness (QED) is 0.749. The van der Waals surface area contributed by atoms with E-state index in [0.29, 0.717) is 5.02 Å². The van der Waals surface area contributed by atoms with E-state index in [1.54, 1.807) is 24.3 Å². The van der Waals surface area contributed by atoms with E-state index in [1.165, 1.54) is 12.1 Å². The van der Waals surface area contributed by atoms with Crippen molar-refractivity contribution in [3.63, 3.8) is 0 Å². The Kier molecular flexibility index (Phi) is 6.63. The largest absolute Gasteiger partial charge is 0.369 e. The molecule has 1 N–H and O–H groups in total. The number of hydrogen-bond donors (Lipinski definition) is 1. The minimum atomic E-state index is -3.59. The summed E-state index contributed by atoms with van der Waals surface area (Å²) in [5.74, 6) is -0.226. The van der Waals surface area contributed by atoms with Crippen LogP contribution in [0.15, 0.2) is 53.4 Å². The van der Waals surface area contributed by atoms with Gasteiger partial charge in [0.05, 0.1) is 4.90 Å². The lowest BCUT2D eigenvalue weighted by molar-refractivity contribution is 0.124. The standard InChI is InChI=1S/C22H27ClFN3O2S/c23-17-5-11-20(12-6-17)30(28,29)25-21-3-1-2-4-22(21)27-15-13-26(14-16-27)19-9-7-18(24)8-10-19/h5-12,21-22,25H,1-4,13-16H2/t21-,22-/m0/s1. The Morgan fingerprint density at radius 3 is 2.20 bits per heavy atom. The van der Waals surface area contributed by atoms with Gasteiger partial charge in [-0.25, -0.2) is 17.5 Å². The van der Waals surface area contributed by atoms with Gasteiger partial charge in [-0.15, -0.1) is 0 Å². The molecule has 1 heterocycles. The van der Waals surface area contributed by atoms with Gasteiger partial charge in [0.25, 0.3) is 0 Å². The Balaban J connectivity index is 1.41. The van der Waals surface area contributed by atoms with Crippen molar-refractivity contribution in [2.75, 3.05) is 31.1 Å². The predicted octanol–water partition coefficient (Wildman–Crippen LogP) is 3.89. The van der Waals surface area contributed by atoms with Crippen molar-refractivity contribution in [2.45, 2.75) is 42.7 Å². The average Bonchev–Trinajstić information content (AvgIpc) is 2.75. The van der Waals surface area contributed by atoms with Gasteiger partial charge in [-0.3, -0.25) is 4.90 Å². The topological polar surface area (TPSA) is 52.7 Å². The second-order valence-electron chi connectivity index (χ2n) is 8.03. The van der Waals surface area contributed by atoms with Crippen molar-refractivity contribution in [3.05, 3.63) is 59.4 Å². The molecule has 30 heavy (non-hydrogen) atoms. The molecule has 0 unspecified atom stereocenters. The Bertz CT molecular complexity index is 945. The second kappa shape index (κ2) is 9.22. The van der Waals surface area contributed by atoms with Crippen LogP contribution in [-0.4, -0.2) is 51.6 Å². The third kappa shape index (κ3) is 4.97. The van der Waals surface area contributed by atoms with Crippen molar-refractivity contribution in [1.29, 1.82) is 0 Å². The minimum absolute atomic E-state index is 0.100. The average molecular weight is 452 g/mol. The molecular formula is C22H27ClFN3O2S. The summed E-state index contributed by atoms with van der Waals surface area (Å²) in [5, 5.41) is 0.517. The number of sulfonamides is 1. The number of anilines is 1. The van der Waals surface area contributed by atoms with E-state index in [2.05, 4.69) is 14.5 Å². The highest BCUT2D eigenvalue weighted by molar-refractivity contribution is 7.89. The van der Waals surface area contributed by atoms with E-state index in [0.717, 1.165) is 57.5 Å². The number of piperazine rings is 1. The number of rotatable bonds is 5. The number of halogens is 2. The first-order valence-electron chi connectivity index (χ1n) is 10.4. The SMILES string of the molecule is O=S(=O)(N[C@H]1CCCC[C@@H]1N1CCN(c2ccc(F)cc2)CC1)c1ccc(Cl)cc1. The van der Waals surface area contributed by atoms with Gasteiger partial charge in [0.1, 0.15) is 5.82 Å². The van der Waals surface area contributed by atoms with Gasteiger partial charge in [-0.1, -0.05) is 24.4 Å². The zero-order valence-corrected chi connectivity index (χ0v) is 18.4. The summed E-state index contributed by atoms with van der Waals surface area (Å²) in [4.78, 5) is 4.91. The molecule has 2 aromatic rings. The zero-order chi connectivity index (χ0) is 21.1. The first-order valence-corrected chi connectivity index (χ1v) is 12.3. The number of benzene rings is 2. The van der Waals surface area contributed by atoms with Crippen LogP contribution in [0.1, 0.15) is 25.7 Å². The summed E-state index contributed by atoms with van der Waals surface area (Å²) in [6, 6.07) is 13.0. The molecular weight excluding hydrogens is 425 g/mol. The molecule has 1 saturated heterocycles. The van der Waals surface area contributed by atoms with Crippen LogP contribution in [-0.2, 0) is 10.0 Å². The highest BCUT2D eigenvalue weighted by atomic mass is 35.5. The van der Waals surface area contributed by atoms with Crippen LogP contribution in [0.5, 0.6) is 0 Å². The molecule has 2 atom stereocenters. The molecule has 0 aromatic heterocycles. The van der Waals surface area contributed by atoms with E-state index < -0.39 is 10.0 Å². The molecule has 8 heteroatoms.